The highest BCUT2D eigenvalue weighted by atomic mass is 16.4. The molecule has 0 heterocycles. The first-order valence-electron chi connectivity index (χ1n) is 6.64. The number of fused-ring (bicyclic) bond motifs is 1. The van der Waals surface area contributed by atoms with Crippen LogP contribution in [-0.4, -0.2) is 35.5 Å². The predicted molar refractivity (Wildman–Crippen MR) is 72.0 cm³/mol. The van der Waals surface area contributed by atoms with Crippen LogP contribution in [0, 0.1) is 0 Å². The number of benzene rings is 1. The van der Waals surface area contributed by atoms with E-state index in [1.54, 1.807) is 11.9 Å². The molecule has 0 spiro atoms. The second kappa shape index (κ2) is 5.87. The zero-order chi connectivity index (χ0) is 13.8. The van der Waals surface area contributed by atoms with E-state index < -0.39 is 5.97 Å². The molecule has 1 atom stereocenters. The Morgan fingerprint density at radius 1 is 1.37 bits per heavy atom. The number of aryl methyl sites for hydroxylation is 1. The molecule has 1 unspecified atom stereocenters. The topological polar surface area (TPSA) is 57.6 Å². The quantitative estimate of drug-likeness (QED) is 0.902. The van der Waals surface area contributed by atoms with E-state index in [2.05, 4.69) is 6.07 Å². The van der Waals surface area contributed by atoms with Crippen LogP contribution in [-0.2, 0) is 16.0 Å². The van der Waals surface area contributed by atoms with Gasteiger partial charge in [-0.3, -0.25) is 9.59 Å². The van der Waals surface area contributed by atoms with Gasteiger partial charge in [0.05, 0.1) is 12.3 Å². The van der Waals surface area contributed by atoms with Crippen molar-refractivity contribution in [3.05, 3.63) is 35.4 Å². The number of carbonyl (C=O) groups is 2. The fourth-order valence-electron chi connectivity index (χ4n) is 2.65. The van der Waals surface area contributed by atoms with E-state index in [-0.39, 0.29) is 24.8 Å². The molecule has 0 bridgehead atoms. The lowest BCUT2D eigenvalue weighted by molar-refractivity contribution is -0.138. The van der Waals surface area contributed by atoms with Gasteiger partial charge in [-0.1, -0.05) is 24.3 Å². The maximum Gasteiger partial charge on any atom is 0.305 e. The number of carboxylic acid groups (broad SMARTS) is 1. The van der Waals surface area contributed by atoms with Crippen LogP contribution in [0.15, 0.2) is 24.3 Å². The monoisotopic (exact) mass is 261 g/mol. The molecule has 0 fully saturated rings. The van der Waals surface area contributed by atoms with Crippen LogP contribution >= 0.6 is 0 Å². The molecule has 1 N–H and O–H groups in total. The van der Waals surface area contributed by atoms with Crippen LogP contribution in [0.3, 0.4) is 0 Å². The molecule has 0 aromatic heterocycles. The summed E-state index contributed by atoms with van der Waals surface area (Å²) >= 11 is 0. The normalized spacial score (nSPS) is 17.6. The van der Waals surface area contributed by atoms with Gasteiger partial charge in [0, 0.05) is 13.6 Å². The van der Waals surface area contributed by atoms with Gasteiger partial charge < -0.3 is 10.0 Å². The lowest BCUT2D eigenvalue weighted by atomic mass is 9.82. The molecule has 0 radical (unpaired) electrons. The number of nitrogens with zero attached hydrogens (tertiary/aromatic N) is 1. The number of carboxylic acids is 1. The molecule has 2 rings (SSSR count). The predicted octanol–water partition coefficient (Wildman–Crippen LogP) is 2.04. The first kappa shape index (κ1) is 13.6. The largest absolute Gasteiger partial charge is 0.481 e. The molecule has 1 aliphatic rings. The van der Waals surface area contributed by atoms with Gasteiger partial charge in [0.2, 0.25) is 5.91 Å². The van der Waals surface area contributed by atoms with Gasteiger partial charge >= 0.3 is 5.97 Å². The molecule has 19 heavy (non-hydrogen) atoms. The standard InChI is InChI=1S/C15H19NO3/c1-16(10-9-14(17)18)15(19)13-8-4-6-11-5-2-3-7-12(11)13/h2-3,5,7,13H,4,6,8-10H2,1H3,(H,17,18). The first-order valence-corrected chi connectivity index (χ1v) is 6.64. The van der Waals surface area contributed by atoms with Crippen molar-refractivity contribution in [1.29, 1.82) is 0 Å². The highest BCUT2D eigenvalue weighted by Crippen LogP contribution is 2.32. The molecule has 4 heteroatoms. The van der Waals surface area contributed by atoms with Gasteiger partial charge in [0.15, 0.2) is 0 Å². The molecule has 1 aromatic carbocycles. The zero-order valence-corrected chi connectivity index (χ0v) is 11.1. The third kappa shape index (κ3) is 3.13. The van der Waals surface area contributed by atoms with E-state index in [0.29, 0.717) is 0 Å². The third-order valence-corrected chi connectivity index (χ3v) is 3.70. The molecule has 1 aromatic rings. The first-order chi connectivity index (χ1) is 9.09. The van der Waals surface area contributed by atoms with E-state index in [0.717, 1.165) is 24.8 Å². The summed E-state index contributed by atoms with van der Waals surface area (Å²) in [7, 11) is 1.68. The second-order valence-electron chi connectivity index (χ2n) is 5.05. The van der Waals surface area contributed by atoms with Gasteiger partial charge in [-0.2, -0.15) is 0 Å². The summed E-state index contributed by atoms with van der Waals surface area (Å²) in [6.07, 6.45) is 2.89. The Hall–Kier alpha value is -1.84. The second-order valence-corrected chi connectivity index (χ2v) is 5.05. The summed E-state index contributed by atoms with van der Waals surface area (Å²) in [5.74, 6) is -0.944. The van der Waals surface area contributed by atoms with E-state index in [1.165, 1.54) is 5.56 Å². The van der Waals surface area contributed by atoms with Crippen LogP contribution in [0.4, 0.5) is 0 Å². The van der Waals surface area contributed by atoms with Gasteiger partial charge in [0.1, 0.15) is 0 Å². The van der Waals surface area contributed by atoms with Crippen molar-refractivity contribution >= 4 is 11.9 Å². The lowest BCUT2D eigenvalue weighted by Crippen LogP contribution is -2.34. The molecule has 102 valence electrons. The van der Waals surface area contributed by atoms with Gasteiger partial charge in [0.25, 0.3) is 0 Å². The Balaban J connectivity index is 2.10. The summed E-state index contributed by atoms with van der Waals surface area (Å²) in [5.41, 5.74) is 2.36. The number of likely N-dealkylation sites (N-methyl/N-ethyl adjacent to an activating group) is 1. The molecule has 0 aliphatic heterocycles. The van der Waals surface area contributed by atoms with Gasteiger partial charge in [-0.25, -0.2) is 0 Å². The number of amides is 1. The van der Waals surface area contributed by atoms with Crippen LogP contribution in [0.5, 0.6) is 0 Å². The highest BCUT2D eigenvalue weighted by Gasteiger charge is 2.28. The zero-order valence-electron chi connectivity index (χ0n) is 11.1. The highest BCUT2D eigenvalue weighted by molar-refractivity contribution is 5.84. The number of rotatable bonds is 4. The molecule has 1 amide bonds. The summed E-state index contributed by atoms with van der Waals surface area (Å²) in [6.45, 7) is 0.271. The minimum Gasteiger partial charge on any atom is -0.481 e. The molecular weight excluding hydrogens is 242 g/mol. The fourth-order valence-corrected chi connectivity index (χ4v) is 2.65. The maximum absolute atomic E-state index is 12.4. The molecule has 1 aliphatic carbocycles. The van der Waals surface area contributed by atoms with Crippen molar-refractivity contribution in [2.75, 3.05) is 13.6 Å². The Bertz CT molecular complexity index is 484. The van der Waals surface area contributed by atoms with Crippen molar-refractivity contribution in [2.24, 2.45) is 0 Å². The minimum absolute atomic E-state index is 0.00337. The summed E-state index contributed by atoms with van der Waals surface area (Å²) in [5, 5.41) is 8.67. The summed E-state index contributed by atoms with van der Waals surface area (Å²) < 4.78 is 0. The van der Waals surface area contributed by atoms with Crippen LogP contribution in [0.2, 0.25) is 0 Å². The maximum atomic E-state index is 12.4. The average molecular weight is 261 g/mol. The smallest absolute Gasteiger partial charge is 0.305 e. The summed E-state index contributed by atoms with van der Waals surface area (Å²) in [4.78, 5) is 24.5. The average Bonchev–Trinajstić information content (AvgIpc) is 2.43. The van der Waals surface area contributed by atoms with Gasteiger partial charge in [-0.05, 0) is 30.4 Å². The van der Waals surface area contributed by atoms with Crippen LogP contribution < -0.4 is 0 Å². The fraction of sp³-hybridized carbons (Fsp3) is 0.467. The Morgan fingerprint density at radius 3 is 2.84 bits per heavy atom. The van der Waals surface area contributed by atoms with Crippen molar-refractivity contribution in [3.8, 4) is 0 Å². The SMILES string of the molecule is CN(CCC(=O)O)C(=O)C1CCCc2ccccc21. The number of carbonyl (C=O) groups excluding carboxylic acids is 1. The Morgan fingerprint density at radius 2 is 2.11 bits per heavy atom. The molecular formula is C15H19NO3. The van der Waals surface area contributed by atoms with Crippen molar-refractivity contribution in [1.82, 2.24) is 4.90 Å². The Labute approximate surface area is 113 Å². The van der Waals surface area contributed by atoms with Crippen molar-refractivity contribution in [2.45, 2.75) is 31.6 Å². The lowest BCUT2D eigenvalue weighted by Gasteiger charge is -2.28. The summed E-state index contributed by atoms with van der Waals surface area (Å²) in [6, 6.07) is 8.05. The van der Waals surface area contributed by atoms with Crippen LogP contribution in [0.25, 0.3) is 0 Å². The van der Waals surface area contributed by atoms with E-state index >= 15 is 0 Å². The van der Waals surface area contributed by atoms with E-state index in [4.69, 9.17) is 5.11 Å². The molecule has 0 saturated carbocycles. The van der Waals surface area contributed by atoms with Crippen molar-refractivity contribution < 1.29 is 14.7 Å². The minimum atomic E-state index is -0.872. The van der Waals surface area contributed by atoms with Crippen molar-refractivity contribution in [3.63, 3.8) is 0 Å². The number of hydrogen-bond donors (Lipinski definition) is 1. The molecule has 4 nitrogen and oxygen atoms in total. The van der Waals surface area contributed by atoms with E-state index in [9.17, 15) is 9.59 Å². The number of hydrogen-bond acceptors (Lipinski definition) is 2. The third-order valence-electron chi connectivity index (χ3n) is 3.70. The van der Waals surface area contributed by atoms with Gasteiger partial charge in [-0.15, -0.1) is 0 Å². The Kier molecular flexibility index (Phi) is 4.20. The number of aliphatic carboxylic acids is 1. The van der Waals surface area contributed by atoms with E-state index in [1.807, 2.05) is 18.2 Å². The molecule has 0 saturated heterocycles. The van der Waals surface area contributed by atoms with Crippen LogP contribution in [0.1, 0.15) is 36.3 Å².